The molecule has 1 saturated carbocycles. The first kappa shape index (κ1) is 17.6. The number of rotatable bonds is 3. The predicted molar refractivity (Wildman–Crippen MR) is 76.1 cm³/mol. The number of nitrogens with zero attached hydrogens (tertiary/aromatic N) is 2. The van der Waals surface area contributed by atoms with Gasteiger partial charge in [-0.25, -0.2) is 9.07 Å². The van der Waals surface area contributed by atoms with Crippen LogP contribution in [0.25, 0.3) is 0 Å². The fraction of sp³-hybridized carbons (Fsp3) is 0.714. The smallest absolute Gasteiger partial charge is 0.317 e. The molecule has 0 unspecified atom stereocenters. The molecular formula is C14H19F4N3O2. The zero-order valence-corrected chi connectivity index (χ0v) is 12.9. The highest BCUT2D eigenvalue weighted by Crippen LogP contribution is 2.29. The molecule has 1 amide bonds. The highest BCUT2D eigenvalue weighted by Gasteiger charge is 2.46. The molecule has 2 rings (SSSR count). The van der Waals surface area contributed by atoms with Crippen LogP contribution in [0.1, 0.15) is 43.8 Å². The molecule has 1 heterocycles. The Kier molecular flexibility index (Phi) is 4.86. The molecule has 0 aliphatic heterocycles. The quantitative estimate of drug-likeness (QED) is 0.863. The SMILES string of the molecule is Cc1c(NC(=O)[C@@H](F)C(F)(F)F)c(=O)n(C2CCCCC2)n1C. The molecule has 1 aromatic rings. The largest absolute Gasteiger partial charge is 0.428 e. The van der Waals surface area contributed by atoms with E-state index in [0.717, 1.165) is 32.1 Å². The summed E-state index contributed by atoms with van der Waals surface area (Å²) in [6.45, 7) is 1.50. The molecule has 0 aromatic carbocycles. The number of carbonyl (C=O) groups excluding carboxylic acids is 1. The van der Waals surface area contributed by atoms with E-state index in [-0.39, 0.29) is 11.7 Å². The van der Waals surface area contributed by atoms with Gasteiger partial charge in [0, 0.05) is 7.05 Å². The zero-order valence-electron chi connectivity index (χ0n) is 12.9. The fourth-order valence-electron chi connectivity index (χ4n) is 2.94. The Morgan fingerprint density at radius 2 is 1.83 bits per heavy atom. The second kappa shape index (κ2) is 6.37. The lowest BCUT2D eigenvalue weighted by Crippen LogP contribution is -2.38. The van der Waals surface area contributed by atoms with Gasteiger partial charge in [-0.05, 0) is 19.8 Å². The molecule has 1 aliphatic rings. The van der Waals surface area contributed by atoms with E-state index < -0.39 is 23.8 Å². The van der Waals surface area contributed by atoms with E-state index in [1.807, 2.05) is 0 Å². The van der Waals surface area contributed by atoms with Crippen LogP contribution >= 0.6 is 0 Å². The molecular weight excluding hydrogens is 318 g/mol. The summed E-state index contributed by atoms with van der Waals surface area (Å²) in [6.07, 6.45) is -4.38. The molecule has 1 aliphatic carbocycles. The van der Waals surface area contributed by atoms with Crippen LogP contribution in [0.5, 0.6) is 0 Å². The normalized spacial score (nSPS) is 18.0. The monoisotopic (exact) mass is 337 g/mol. The van der Waals surface area contributed by atoms with Crippen molar-refractivity contribution in [2.45, 2.75) is 57.4 Å². The van der Waals surface area contributed by atoms with Crippen molar-refractivity contribution in [2.24, 2.45) is 7.05 Å². The van der Waals surface area contributed by atoms with Crippen LogP contribution in [0.3, 0.4) is 0 Å². The van der Waals surface area contributed by atoms with Crippen LogP contribution < -0.4 is 10.9 Å². The summed E-state index contributed by atoms with van der Waals surface area (Å²) >= 11 is 0. The Bertz CT molecular complexity index is 642. The van der Waals surface area contributed by atoms with Crippen molar-refractivity contribution in [3.8, 4) is 0 Å². The minimum absolute atomic E-state index is 0.0607. The summed E-state index contributed by atoms with van der Waals surface area (Å²) in [6, 6.07) is -0.0607. The molecule has 0 spiro atoms. The second-order valence-electron chi connectivity index (χ2n) is 5.82. The molecule has 5 nitrogen and oxygen atoms in total. The summed E-state index contributed by atoms with van der Waals surface area (Å²) in [7, 11) is 1.59. The van der Waals surface area contributed by atoms with Gasteiger partial charge in [-0.15, -0.1) is 0 Å². The number of anilines is 1. The van der Waals surface area contributed by atoms with E-state index in [4.69, 9.17) is 0 Å². The van der Waals surface area contributed by atoms with Crippen molar-refractivity contribution in [2.75, 3.05) is 5.32 Å². The Balaban J connectivity index is 2.30. The van der Waals surface area contributed by atoms with Crippen LogP contribution in [-0.2, 0) is 11.8 Å². The van der Waals surface area contributed by atoms with Crippen molar-refractivity contribution in [1.82, 2.24) is 9.36 Å². The molecule has 1 atom stereocenters. The number of nitrogens with one attached hydrogen (secondary N) is 1. The van der Waals surface area contributed by atoms with Crippen LogP contribution in [0, 0.1) is 6.92 Å². The first-order valence-corrected chi connectivity index (χ1v) is 7.44. The Hall–Kier alpha value is -1.80. The van der Waals surface area contributed by atoms with Crippen LogP contribution in [0.4, 0.5) is 23.2 Å². The van der Waals surface area contributed by atoms with Gasteiger partial charge in [0.15, 0.2) is 0 Å². The highest BCUT2D eigenvalue weighted by molar-refractivity contribution is 5.95. The van der Waals surface area contributed by atoms with E-state index in [9.17, 15) is 27.2 Å². The summed E-state index contributed by atoms with van der Waals surface area (Å²) < 4.78 is 52.8. The van der Waals surface area contributed by atoms with Gasteiger partial charge in [0.05, 0.1) is 11.7 Å². The number of aromatic nitrogens is 2. The topological polar surface area (TPSA) is 56.0 Å². The minimum atomic E-state index is -5.30. The van der Waals surface area contributed by atoms with Crippen LogP contribution in [-0.4, -0.2) is 27.6 Å². The lowest BCUT2D eigenvalue weighted by Gasteiger charge is -2.24. The maximum Gasteiger partial charge on any atom is 0.428 e. The average molecular weight is 337 g/mol. The third kappa shape index (κ3) is 3.42. The van der Waals surface area contributed by atoms with E-state index >= 15 is 0 Å². The maximum absolute atomic E-state index is 13.1. The Morgan fingerprint density at radius 1 is 1.26 bits per heavy atom. The first-order chi connectivity index (χ1) is 10.6. The van der Waals surface area contributed by atoms with E-state index in [0.29, 0.717) is 5.69 Å². The number of hydrogen-bond donors (Lipinski definition) is 1. The van der Waals surface area contributed by atoms with Gasteiger partial charge < -0.3 is 5.32 Å². The summed E-state index contributed by atoms with van der Waals surface area (Å²) in [5, 5.41) is 1.80. The molecule has 9 heteroatoms. The summed E-state index contributed by atoms with van der Waals surface area (Å²) in [5.74, 6) is -1.88. The van der Waals surface area contributed by atoms with Gasteiger partial charge in [-0.1, -0.05) is 19.3 Å². The zero-order chi connectivity index (χ0) is 17.4. The maximum atomic E-state index is 13.1. The van der Waals surface area contributed by atoms with Gasteiger partial charge >= 0.3 is 6.18 Å². The Labute approximate surface area is 130 Å². The molecule has 1 N–H and O–H groups in total. The van der Waals surface area contributed by atoms with E-state index in [1.165, 1.54) is 16.3 Å². The van der Waals surface area contributed by atoms with E-state index in [1.54, 1.807) is 12.4 Å². The predicted octanol–water partition coefficient (Wildman–Crippen LogP) is 2.84. The third-order valence-corrected chi connectivity index (χ3v) is 4.28. The van der Waals surface area contributed by atoms with Gasteiger partial charge in [0.2, 0.25) is 0 Å². The molecule has 0 bridgehead atoms. The van der Waals surface area contributed by atoms with Crippen LogP contribution in [0.15, 0.2) is 4.79 Å². The van der Waals surface area contributed by atoms with Crippen molar-refractivity contribution < 1.29 is 22.4 Å². The van der Waals surface area contributed by atoms with Gasteiger partial charge in [-0.2, -0.15) is 13.2 Å². The molecule has 23 heavy (non-hydrogen) atoms. The molecule has 1 fully saturated rings. The van der Waals surface area contributed by atoms with Crippen molar-refractivity contribution >= 4 is 11.6 Å². The molecule has 0 saturated heterocycles. The van der Waals surface area contributed by atoms with Gasteiger partial charge in [0.25, 0.3) is 17.6 Å². The Morgan fingerprint density at radius 3 is 2.35 bits per heavy atom. The summed E-state index contributed by atoms with van der Waals surface area (Å²) in [4.78, 5) is 23.8. The summed E-state index contributed by atoms with van der Waals surface area (Å²) in [5.41, 5.74) is -0.599. The fourth-order valence-corrected chi connectivity index (χ4v) is 2.94. The van der Waals surface area contributed by atoms with Crippen molar-refractivity contribution in [1.29, 1.82) is 0 Å². The lowest BCUT2D eigenvalue weighted by molar-refractivity contribution is -0.183. The molecule has 1 aromatic heterocycles. The number of carbonyl (C=O) groups is 1. The third-order valence-electron chi connectivity index (χ3n) is 4.28. The first-order valence-electron chi connectivity index (χ1n) is 7.44. The number of amides is 1. The van der Waals surface area contributed by atoms with Crippen LogP contribution in [0.2, 0.25) is 0 Å². The molecule has 130 valence electrons. The van der Waals surface area contributed by atoms with Gasteiger partial charge in [-0.3, -0.25) is 14.3 Å². The average Bonchev–Trinajstić information content (AvgIpc) is 2.70. The van der Waals surface area contributed by atoms with E-state index in [2.05, 4.69) is 0 Å². The van der Waals surface area contributed by atoms with Crippen molar-refractivity contribution in [3.63, 3.8) is 0 Å². The lowest BCUT2D eigenvalue weighted by atomic mass is 9.96. The number of hydrogen-bond acceptors (Lipinski definition) is 2. The number of alkyl halides is 4. The van der Waals surface area contributed by atoms with Gasteiger partial charge in [0.1, 0.15) is 5.69 Å². The number of halogens is 4. The standard InChI is InChI=1S/C14H19F4N3O2/c1-8-10(19-12(22)11(15)14(16,17)18)13(23)21(20(8)2)9-6-4-3-5-7-9/h9,11H,3-7H2,1-2H3,(H,19,22)/t11-/m1/s1. The van der Waals surface area contributed by atoms with Crippen molar-refractivity contribution in [3.05, 3.63) is 16.0 Å². The highest BCUT2D eigenvalue weighted by atomic mass is 19.4. The molecule has 0 radical (unpaired) electrons. The minimum Gasteiger partial charge on any atom is -0.317 e. The second-order valence-corrected chi connectivity index (χ2v) is 5.82.